The molecule has 3 heteroatoms. The number of hydrogen-bond acceptors (Lipinski definition) is 3. The van der Waals surface area contributed by atoms with Crippen LogP contribution in [0.25, 0.3) is 0 Å². The van der Waals surface area contributed by atoms with Gasteiger partial charge >= 0.3 is 5.97 Å². The molecule has 0 spiro atoms. The Labute approximate surface area is 118 Å². The third kappa shape index (κ3) is 2.77. The minimum Gasteiger partial charge on any atom is -0.426 e. The SMILES string of the molecule is CC(=O)Oc1ccccc1C(=O)c1c(C)cccc1C. The van der Waals surface area contributed by atoms with Crippen molar-refractivity contribution in [3.05, 3.63) is 64.7 Å². The molecule has 0 saturated heterocycles. The second-order valence-electron chi connectivity index (χ2n) is 4.69. The minimum absolute atomic E-state index is 0.127. The quantitative estimate of drug-likeness (QED) is 0.486. The Balaban J connectivity index is 2.51. The van der Waals surface area contributed by atoms with Gasteiger partial charge in [0.05, 0.1) is 5.56 Å². The summed E-state index contributed by atoms with van der Waals surface area (Å²) in [6.07, 6.45) is 0. The number of rotatable bonds is 3. The van der Waals surface area contributed by atoms with Crippen molar-refractivity contribution in [2.45, 2.75) is 20.8 Å². The number of esters is 1. The molecule has 102 valence electrons. The molecule has 0 unspecified atom stereocenters. The zero-order valence-corrected chi connectivity index (χ0v) is 11.8. The van der Waals surface area contributed by atoms with Crippen LogP contribution in [0.2, 0.25) is 0 Å². The Kier molecular flexibility index (Phi) is 3.99. The minimum atomic E-state index is -0.438. The van der Waals surface area contributed by atoms with Crippen molar-refractivity contribution in [1.82, 2.24) is 0 Å². The molecule has 0 amide bonds. The molecular formula is C17H16O3. The first-order chi connectivity index (χ1) is 9.50. The maximum atomic E-state index is 12.7. The van der Waals surface area contributed by atoms with E-state index in [-0.39, 0.29) is 5.78 Å². The summed E-state index contributed by atoms with van der Waals surface area (Å²) >= 11 is 0. The number of carbonyl (C=O) groups excluding carboxylic acids is 2. The van der Waals surface area contributed by atoms with Gasteiger partial charge in [0.1, 0.15) is 5.75 Å². The molecule has 0 aliphatic heterocycles. The Morgan fingerprint density at radius 3 is 2.10 bits per heavy atom. The molecule has 2 aromatic carbocycles. The lowest BCUT2D eigenvalue weighted by Crippen LogP contribution is -2.10. The van der Waals surface area contributed by atoms with Gasteiger partial charge in [0, 0.05) is 12.5 Å². The highest BCUT2D eigenvalue weighted by Gasteiger charge is 2.18. The van der Waals surface area contributed by atoms with E-state index in [1.54, 1.807) is 24.3 Å². The van der Waals surface area contributed by atoms with E-state index in [0.29, 0.717) is 16.9 Å². The third-order valence-corrected chi connectivity index (χ3v) is 3.09. The van der Waals surface area contributed by atoms with Crippen LogP contribution in [0.4, 0.5) is 0 Å². The van der Waals surface area contributed by atoms with Gasteiger partial charge in [-0.15, -0.1) is 0 Å². The highest BCUT2D eigenvalue weighted by Crippen LogP contribution is 2.25. The lowest BCUT2D eigenvalue weighted by molar-refractivity contribution is -0.131. The van der Waals surface area contributed by atoms with Crippen molar-refractivity contribution < 1.29 is 14.3 Å². The summed E-state index contributed by atoms with van der Waals surface area (Å²) in [6.45, 7) is 5.11. The van der Waals surface area contributed by atoms with Gasteiger partial charge < -0.3 is 4.74 Å². The Morgan fingerprint density at radius 2 is 1.50 bits per heavy atom. The molecule has 3 nitrogen and oxygen atoms in total. The van der Waals surface area contributed by atoms with Crippen molar-refractivity contribution in [1.29, 1.82) is 0 Å². The van der Waals surface area contributed by atoms with Crippen molar-refractivity contribution in [3.8, 4) is 5.75 Å². The van der Waals surface area contributed by atoms with Gasteiger partial charge in [-0.2, -0.15) is 0 Å². The number of ketones is 1. The molecule has 0 saturated carbocycles. The van der Waals surface area contributed by atoms with Crippen LogP contribution in [-0.4, -0.2) is 11.8 Å². The molecule has 0 aliphatic rings. The van der Waals surface area contributed by atoms with Crippen LogP contribution in [0.3, 0.4) is 0 Å². The van der Waals surface area contributed by atoms with E-state index in [2.05, 4.69) is 0 Å². The summed E-state index contributed by atoms with van der Waals surface area (Å²) < 4.78 is 5.11. The molecule has 0 bridgehead atoms. The molecule has 0 radical (unpaired) electrons. The zero-order valence-electron chi connectivity index (χ0n) is 11.8. The Bertz CT molecular complexity index is 651. The summed E-state index contributed by atoms with van der Waals surface area (Å²) in [5, 5.41) is 0. The van der Waals surface area contributed by atoms with Crippen LogP contribution in [0, 0.1) is 13.8 Å². The van der Waals surface area contributed by atoms with Crippen LogP contribution < -0.4 is 4.74 Å². The first-order valence-electron chi connectivity index (χ1n) is 6.39. The van der Waals surface area contributed by atoms with Crippen molar-refractivity contribution in [2.24, 2.45) is 0 Å². The van der Waals surface area contributed by atoms with Crippen LogP contribution in [0.1, 0.15) is 34.0 Å². The van der Waals surface area contributed by atoms with E-state index in [1.165, 1.54) is 6.92 Å². The molecule has 0 atom stereocenters. The third-order valence-electron chi connectivity index (χ3n) is 3.09. The number of ether oxygens (including phenoxy) is 1. The standard InChI is InChI=1S/C17H16O3/c1-11-7-6-8-12(2)16(11)17(19)14-9-4-5-10-15(14)20-13(3)18/h4-10H,1-3H3. The van der Waals surface area contributed by atoms with Crippen molar-refractivity contribution in [3.63, 3.8) is 0 Å². The second kappa shape index (κ2) is 5.70. The number of aryl methyl sites for hydroxylation is 2. The van der Waals surface area contributed by atoms with E-state index in [4.69, 9.17) is 4.74 Å². The summed E-state index contributed by atoms with van der Waals surface area (Å²) in [7, 11) is 0. The average Bonchev–Trinajstić information content (AvgIpc) is 2.38. The predicted molar refractivity (Wildman–Crippen MR) is 77.1 cm³/mol. The Hall–Kier alpha value is -2.42. The van der Waals surface area contributed by atoms with Gasteiger partial charge in [0.2, 0.25) is 0 Å². The maximum Gasteiger partial charge on any atom is 0.308 e. The smallest absolute Gasteiger partial charge is 0.308 e. The molecule has 0 aromatic heterocycles. The van der Waals surface area contributed by atoms with Crippen molar-refractivity contribution >= 4 is 11.8 Å². The van der Waals surface area contributed by atoms with Gasteiger partial charge in [0.25, 0.3) is 0 Å². The lowest BCUT2D eigenvalue weighted by Gasteiger charge is -2.11. The summed E-state index contributed by atoms with van der Waals surface area (Å²) in [5.41, 5.74) is 2.88. The monoisotopic (exact) mass is 268 g/mol. The summed E-state index contributed by atoms with van der Waals surface area (Å²) in [4.78, 5) is 23.8. The molecule has 2 aromatic rings. The second-order valence-corrected chi connectivity index (χ2v) is 4.69. The van der Waals surface area contributed by atoms with Gasteiger partial charge in [-0.25, -0.2) is 0 Å². The number of hydrogen-bond donors (Lipinski definition) is 0. The fourth-order valence-corrected chi connectivity index (χ4v) is 2.21. The van der Waals surface area contributed by atoms with Gasteiger partial charge in [0.15, 0.2) is 5.78 Å². The van der Waals surface area contributed by atoms with E-state index >= 15 is 0 Å². The van der Waals surface area contributed by atoms with Gasteiger partial charge in [-0.05, 0) is 37.1 Å². The zero-order chi connectivity index (χ0) is 14.7. The summed E-state index contributed by atoms with van der Waals surface area (Å²) in [5.74, 6) is -0.267. The highest BCUT2D eigenvalue weighted by atomic mass is 16.5. The highest BCUT2D eigenvalue weighted by molar-refractivity contribution is 6.12. The van der Waals surface area contributed by atoms with Crippen LogP contribution in [0.5, 0.6) is 5.75 Å². The molecule has 0 N–H and O–H groups in total. The molecule has 2 rings (SSSR count). The Morgan fingerprint density at radius 1 is 0.900 bits per heavy atom. The molecule has 0 heterocycles. The fourth-order valence-electron chi connectivity index (χ4n) is 2.21. The van der Waals surface area contributed by atoms with Crippen LogP contribution in [0.15, 0.2) is 42.5 Å². The maximum absolute atomic E-state index is 12.7. The lowest BCUT2D eigenvalue weighted by atomic mass is 9.94. The van der Waals surface area contributed by atoms with E-state index in [1.807, 2.05) is 32.0 Å². The van der Waals surface area contributed by atoms with E-state index in [9.17, 15) is 9.59 Å². The van der Waals surface area contributed by atoms with E-state index < -0.39 is 5.97 Å². The predicted octanol–water partition coefficient (Wildman–Crippen LogP) is 3.46. The molecular weight excluding hydrogens is 252 g/mol. The molecule has 0 aliphatic carbocycles. The average molecular weight is 268 g/mol. The first kappa shape index (κ1) is 14.0. The largest absolute Gasteiger partial charge is 0.426 e. The summed E-state index contributed by atoms with van der Waals surface area (Å²) in [6, 6.07) is 12.5. The molecule has 0 fully saturated rings. The molecule has 20 heavy (non-hydrogen) atoms. The van der Waals surface area contributed by atoms with E-state index in [0.717, 1.165) is 11.1 Å². The topological polar surface area (TPSA) is 43.4 Å². The normalized spacial score (nSPS) is 10.2. The first-order valence-corrected chi connectivity index (χ1v) is 6.39. The number of benzene rings is 2. The van der Waals surface area contributed by atoms with Gasteiger partial charge in [-0.3, -0.25) is 9.59 Å². The van der Waals surface area contributed by atoms with Crippen LogP contribution in [-0.2, 0) is 4.79 Å². The number of carbonyl (C=O) groups is 2. The fraction of sp³-hybridized carbons (Fsp3) is 0.176. The number of para-hydroxylation sites is 1. The van der Waals surface area contributed by atoms with Crippen molar-refractivity contribution in [2.75, 3.05) is 0 Å². The van der Waals surface area contributed by atoms with Crippen LogP contribution >= 0.6 is 0 Å². The van der Waals surface area contributed by atoms with Gasteiger partial charge in [-0.1, -0.05) is 30.3 Å².